The second kappa shape index (κ2) is 6.20. The minimum Gasteiger partial charge on any atom is -0.338 e. The van der Waals surface area contributed by atoms with Gasteiger partial charge in [-0.2, -0.15) is 0 Å². The lowest BCUT2D eigenvalue weighted by Crippen LogP contribution is -2.53. The maximum absolute atomic E-state index is 12.9. The summed E-state index contributed by atoms with van der Waals surface area (Å²) in [4.78, 5) is 28.9. The van der Waals surface area contributed by atoms with Gasteiger partial charge in [0.15, 0.2) is 0 Å². The molecule has 4 rings (SSSR count). The molecule has 2 unspecified atom stereocenters. The van der Waals surface area contributed by atoms with Gasteiger partial charge in [0.25, 0.3) is 5.91 Å². The predicted molar refractivity (Wildman–Crippen MR) is 93.1 cm³/mol. The normalized spacial score (nSPS) is 27.2. The van der Waals surface area contributed by atoms with Crippen LogP contribution in [0, 0.1) is 5.92 Å². The van der Waals surface area contributed by atoms with Crippen LogP contribution < -0.4 is 5.32 Å². The fraction of sp³-hybridized carbons (Fsp3) is 0.579. The number of piperidine rings is 2. The number of hydrogen-bond donors (Lipinski definition) is 1. The third-order valence-electron chi connectivity index (χ3n) is 5.88. The van der Waals surface area contributed by atoms with E-state index in [1.165, 1.54) is 19.4 Å². The molecule has 0 radical (unpaired) electrons. The molecule has 1 aromatic rings. The number of carbonyl (C=O) groups is 2. The minimum absolute atomic E-state index is 0.0602. The third-order valence-corrected chi connectivity index (χ3v) is 5.88. The van der Waals surface area contributed by atoms with Gasteiger partial charge >= 0.3 is 0 Å². The van der Waals surface area contributed by atoms with Crippen molar-refractivity contribution in [3.8, 4) is 0 Å². The number of aryl methyl sites for hydroxylation is 1. The Bertz CT molecular complexity index is 673. The van der Waals surface area contributed by atoms with Crippen LogP contribution in [0.15, 0.2) is 18.2 Å². The number of anilines is 1. The summed E-state index contributed by atoms with van der Waals surface area (Å²) in [5, 5.41) is 2.88. The Morgan fingerprint density at radius 2 is 2.08 bits per heavy atom. The van der Waals surface area contributed by atoms with Crippen LogP contribution in [0.1, 0.15) is 41.6 Å². The van der Waals surface area contributed by atoms with Crippen LogP contribution >= 0.6 is 0 Å². The molecule has 2 atom stereocenters. The minimum atomic E-state index is 0.0602. The summed E-state index contributed by atoms with van der Waals surface area (Å²) in [7, 11) is 2.21. The van der Waals surface area contributed by atoms with E-state index >= 15 is 0 Å². The first-order valence-corrected chi connectivity index (χ1v) is 9.04. The molecule has 3 heterocycles. The smallest absolute Gasteiger partial charge is 0.253 e. The van der Waals surface area contributed by atoms with Crippen LogP contribution in [0.25, 0.3) is 0 Å². The fourth-order valence-corrected chi connectivity index (χ4v) is 4.54. The molecular weight excluding hydrogens is 302 g/mol. The molecule has 2 amide bonds. The standard InChI is InChI=1S/C19H25N3O2/c1-21-9-2-3-15-12-22(10-8-17(15)21)19(24)14-4-6-16-13(11-14)5-7-18(23)20-16/h4,6,11,15,17H,2-3,5,7-10,12H2,1H3,(H,20,23). The van der Waals surface area contributed by atoms with Crippen molar-refractivity contribution in [3.63, 3.8) is 0 Å². The Balaban J connectivity index is 1.49. The van der Waals surface area contributed by atoms with Crippen LogP contribution in [0.3, 0.4) is 0 Å². The van der Waals surface area contributed by atoms with Crippen molar-refractivity contribution < 1.29 is 9.59 Å². The molecule has 2 fully saturated rings. The number of amides is 2. The fourth-order valence-electron chi connectivity index (χ4n) is 4.54. The highest BCUT2D eigenvalue weighted by atomic mass is 16.2. The van der Waals surface area contributed by atoms with Crippen molar-refractivity contribution in [2.45, 2.75) is 38.1 Å². The molecule has 0 aliphatic carbocycles. The summed E-state index contributed by atoms with van der Waals surface area (Å²) in [6.07, 6.45) is 4.77. The molecule has 5 nitrogen and oxygen atoms in total. The zero-order valence-electron chi connectivity index (χ0n) is 14.3. The molecule has 1 N–H and O–H groups in total. The Labute approximate surface area is 143 Å². The van der Waals surface area contributed by atoms with Crippen molar-refractivity contribution in [2.75, 3.05) is 32.0 Å². The van der Waals surface area contributed by atoms with Gasteiger partial charge in [-0.1, -0.05) is 0 Å². The van der Waals surface area contributed by atoms with Crippen LogP contribution in [0.2, 0.25) is 0 Å². The number of nitrogens with zero attached hydrogens (tertiary/aromatic N) is 2. The van der Waals surface area contributed by atoms with Gasteiger partial charge in [-0.3, -0.25) is 9.59 Å². The first kappa shape index (κ1) is 15.6. The van der Waals surface area contributed by atoms with Crippen LogP contribution in [-0.4, -0.2) is 54.3 Å². The Morgan fingerprint density at radius 1 is 1.21 bits per heavy atom. The Kier molecular flexibility index (Phi) is 4.04. The predicted octanol–water partition coefficient (Wildman–Crippen LogP) is 2.13. The van der Waals surface area contributed by atoms with Gasteiger partial charge in [-0.05, 0) is 69.0 Å². The van der Waals surface area contributed by atoms with Gasteiger partial charge in [0, 0.05) is 36.8 Å². The van der Waals surface area contributed by atoms with Crippen LogP contribution in [0.5, 0.6) is 0 Å². The maximum Gasteiger partial charge on any atom is 0.253 e. The first-order chi connectivity index (χ1) is 11.6. The van der Waals surface area contributed by atoms with Crippen LogP contribution in [0.4, 0.5) is 5.69 Å². The second-order valence-corrected chi connectivity index (χ2v) is 7.41. The lowest BCUT2D eigenvalue weighted by Gasteiger charge is -2.46. The van der Waals surface area contributed by atoms with E-state index in [4.69, 9.17) is 0 Å². The Morgan fingerprint density at radius 3 is 2.96 bits per heavy atom. The lowest BCUT2D eigenvalue weighted by molar-refractivity contribution is -0.116. The topological polar surface area (TPSA) is 52.7 Å². The van der Waals surface area contributed by atoms with Crippen molar-refractivity contribution in [3.05, 3.63) is 29.3 Å². The number of likely N-dealkylation sites (tertiary alicyclic amines) is 2. The zero-order valence-corrected chi connectivity index (χ0v) is 14.3. The molecule has 0 saturated carbocycles. The maximum atomic E-state index is 12.9. The average Bonchev–Trinajstić information content (AvgIpc) is 2.60. The molecule has 3 aliphatic heterocycles. The summed E-state index contributed by atoms with van der Waals surface area (Å²) in [6, 6.07) is 6.34. The molecule has 5 heteroatoms. The van der Waals surface area contributed by atoms with E-state index < -0.39 is 0 Å². The van der Waals surface area contributed by atoms with Gasteiger partial charge in [-0.25, -0.2) is 0 Å². The number of rotatable bonds is 1. The highest BCUT2D eigenvalue weighted by Crippen LogP contribution is 2.31. The van der Waals surface area contributed by atoms with Gasteiger partial charge in [-0.15, -0.1) is 0 Å². The summed E-state index contributed by atoms with van der Waals surface area (Å²) < 4.78 is 0. The van der Waals surface area contributed by atoms with E-state index in [0.717, 1.165) is 42.7 Å². The second-order valence-electron chi connectivity index (χ2n) is 7.41. The zero-order chi connectivity index (χ0) is 16.7. The van der Waals surface area contributed by atoms with E-state index in [2.05, 4.69) is 17.3 Å². The van der Waals surface area contributed by atoms with Crippen molar-refractivity contribution in [1.29, 1.82) is 0 Å². The number of nitrogens with one attached hydrogen (secondary N) is 1. The highest BCUT2D eigenvalue weighted by molar-refractivity contribution is 5.98. The molecule has 0 spiro atoms. The summed E-state index contributed by atoms with van der Waals surface area (Å²) in [5.41, 5.74) is 2.69. The van der Waals surface area contributed by atoms with Gasteiger partial charge < -0.3 is 15.1 Å². The number of carbonyl (C=O) groups excluding carboxylic acids is 2. The molecule has 1 aromatic carbocycles. The largest absolute Gasteiger partial charge is 0.338 e. The average molecular weight is 327 g/mol. The number of hydrogen-bond acceptors (Lipinski definition) is 3. The molecule has 24 heavy (non-hydrogen) atoms. The van der Waals surface area contributed by atoms with E-state index in [-0.39, 0.29) is 11.8 Å². The van der Waals surface area contributed by atoms with Gasteiger partial charge in [0.1, 0.15) is 0 Å². The highest BCUT2D eigenvalue weighted by Gasteiger charge is 2.36. The van der Waals surface area contributed by atoms with Gasteiger partial charge in [0.2, 0.25) is 5.91 Å². The Hall–Kier alpha value is -1.88. The third kappa shape index (κ3) is 2.81. The van der Waals surface area contributed by atoms with Crippen molar-refractivity contribution in [1.82, 2.24) is 9.80 Å². The quantitative estimate of drug-likeness (QED) is 0.860. The van der Waals surface area contributed by atoms with E-state index in [9.17, 15) is 9.59 Å². The van der Waals surface area contributed by atoms with Crippen LogP contribution in [-0.2, 0) is 11.2 Å². The first-order valence-electron chi connectivity index (χ1n) is 9.04. The monoisotopic (exact) mass is 327 g/mol. The summed E-state index contributed by atoms with van der Waals surface area (Å²) >= 11 is 0. The number of fused-ring (bicyclic) bond motifs is 2. The van der Waals surface area contributed by atoms with Gasteiger partial charge in [0.05, 0.1) is 0 Å². The summed E-state index contributed by atoms with van der Waals surface area (Å²) in [5.74, 6) is 0.810. The molecule has 128 valence electrons. The molecule has 0 aromatic heterocycles. The summed E-state index contributed by atoms with van der Waals surface area (Å²) in [6.45, 7) is 2.91. The van der Waals surface area contributed by atoms with Crippen molar-refractivity contribution >= 4 is 17.5 Å². The molecule has 3 aliphatic rings. The number of benzene rings is 1. The van der Waals surface area contributed by atoms with E-state index in [0.29, 0.717) is 18.4 Å². The molecule has 2 saturated heterocycles. The molecule has 0 bridgehead atoms. The molecular formula is C19H25N3O2. The SMILES string of the molecule is CN1CCCC2CN(C(=O)c3ccc4c(c3)CCC(=O)N4)CCC21. The van der Waals surface area contributed by atoms with Crippen molar-refractivity contribution in [2.24, 2.45) is 5.92 Å². The lowest BCUT2D eigenvalue weighted by atomic mass is 9.84. The van der Waals surface area contributed by atoms with E-state index in [1.54, 1.807) is 0 Å². The van der Waals surface area contributed by atoms with E-state index in [1.807, 2.05) is 23.1 Å².